The molecular formula is C34H41ClF5NO4. The van der Waals surface area contributed by atoms with Gasteiger partial charge in [0.2, 0.25) is 0 Å². The Morgan fingerprint density at radius 2 is 1.51 bits per heavy atom. The van der Waals surface area contributed by atoms with Crippen LogP contribution in [0.4, 0.5) is 22.0 Å². The molecule has 2 aromatic rings. The van der Waals surface area contributed by atoms with E-state index in [9.17, 15) is 36.3 Å². The minimum atomic E-state index is -4.69. The summed E-state index contributed by atoms with van der Waals surface area (Å²) in [5.41, 5.74) is -1.32. The van der Waals surface area contributed by atoms with Crippen molar-refractivity contribution in [3.63, 3.8) is 0 Å². The number of benzene rings is 2. The molecule has 0 unspecified atom stereocenters. The van der Waals surface area contributed by atoms with Crippen LogP contribution in [-0.4, -0.2) is 42.7 Å². The van der Waals surface area contributed by atoms with E-state index in [-0.39, 0.29) is 52.6 Å². The summed E-state index contributed by atoms with van der Waals surface area (Å²) in [7, 11) is 0. The number of carbonyl (C=O) groups is 3. The van der Waals surface area contributed by atoms with Crippen molar-refractivity contribution in [2.24, 2.45) is 16.7 Å². The Hall–Kier alpha value is -3.01. The molecule has 1 saturated carbocycles. The first-order chi connectivity index (χ1) is 20.8. The SMILES string of the molecule is CC(C)(C)C1CCC(NC(=O)c2cc(CC(=O)c3cc(CCC(=O)C(C)(C)C(F)(F)F)ccc3Cl)ccc2OCC(F)F)CC1. The molecule has 3 rings (SSSR count). The number of Topliss-reactive ketones (excluding diaryl/α,β-unsaturated/α-hetero) is 2. The molecule has 0 aromatic heterocycles. The smallest absolute Gasteiger partial charge is 0.400 e. The summed E-state index contributed by atoms with van der Waals surface area (Å²) in [5.74, 6) is -1.39. The fourth-order valence-electron chi connectivity index (χ4n) is 5.46. The van der Waals surface area contributed by atoms with E-state index in [1.807, 2.05) is 0 Å². The number of amides is 1. The number of ether oxygens (including phenoxy) is 1. The Kier molecular flexibility index (Phi) is 11.8. The van der Waals surface area contributed by atoms with Crippen LogP contribution >= 0.6 is 11.6 Å². The van der Waals surface area contributed by atoms with Gasteiger partial charge in [0.05, 0.1) is 10.6 Å². The van der Waals surface area contributed by atoms with E-state index >= 15 is 0 Å². The summed E-state index contributed by atoms with van der Waals surface area (Å²) in [4.78, 5) is 38.9. The molecule has 0 bridgehead atoms. The van der Waals surface area contributed by atoms with E-state index in [4.69, 9.17) is 16.3 Å². The maximum Gasteiger partial charge on any atom is 0.400 e. The summed E-state index contributed by atoms with van der Waals surface area (Å²) >= 11 is 6.29. The molecule has 0 heterocycles. The molecule has 1 fully saturated rings. The molecule has 2 aromatic carbocycles. The van der Waals surface area contributed by atoms with Gasteiger partial charge in [-0.25, -0.2) is 8.78 Å². The lowest BCUT2D eigenvalue weighted by atomic mass is 9.71. The van der Waals surface area contributed by atoms with Gasteiger partial charge in [-0.05, 0) is 92.7 Å². The van der Waals surface area contributed by atoms with Crippen LogP contribution in [0.1, 0.15) is 98.6 Å². The van der Waals surface area contributed by atoms with Crippen LogP contribution in [0.3, 0.4) is 0 Å². The summed E-state index contributed by atoms with van der Waals surface area (Å²) in [5, 5.41) is 3.11. The van der Waals surface area contributed by atoms with Gasteiger partial charge in [-0.1, -0.05) is 44.5 Å². The third-order valence-electron chi connectivity index (χ3n) is 8.68. The van der Waals surface area contributed by atoms with E-state index in [1.165, 1.54) is 30.3 Å². The Balaban J connectivity index is 1.76. The van der Waals surface area contributed by atoms with E-state index < -0.39 is 42.1 Å². The summed E-state index contributed by atoms with van der Waals surface area (Å²) in [6.45, 7) is 7.35. The second kappa shape index (κ2) is 14.6. The van der Waals surface area contributed by atoms with E-state index in [0.29, 0.717) is 17.0 Å². The lowest BCUT2D eigenvalue weighted by Crippen LogP contribution is -2.39. The molecule has 0 atom stereocenters. The number of nitrogens with one attached hydrogen (secondary N) is 1. The number of ketones is 2. The van der Waals surface area contributed by atoms with E-state index in [1.54, 1.807) is 6.07 Å². The number of halogens is 6. The van der Waals surface area contributed by atoms with Gasteiger partial charge in [0, 0.05) is 24.4 Å². The number of hydrogen-bond acceptors (Lipinski definition) is 4. The lowest BCUT2D eigenvalue weighted by Gasteiger charge is -2.37. The molecule has 1 aliphatic rings. The van der Waals surface area contributed by atoms with Crippen molar-refractivity contribution < 1.29 is 41.1 Å². The fourth-order valence-corrected chi connectivity index (χ4v) is 5.68. The fraction of sp³-hybridized carbons (Fsp3) is 0.559. The third-order valence-corrected chi connectivity index (χ3v) is 9.01. The quantitative estimate of drug-likeness (QED) is 0.183. The van der Waals surface area contributed by atoms with Crippen LogP contribution in [0, 0.1) is 16.7 Å². The second-order valence-electron chi connectivity index (χ2n) is 13.4. The highest BCUT2D eigenvalue weighted by molar-refractivity contribution is 6.34. The van der Waals surface area contributed by atoms with Crippen molar-refractivity contribution in [3.05, 3.63) is 63.7 Å². The highest BCUT2D eigenvalue weighted by atomic mass is 35.5. The highest BCUT2D eigenvalue weighted by Crippen LogP contribution is 2.40. The average molecular weight is 658 g/mol. The van der Waals surface area contributed by atoms with E-state index in [0.717, 1.165) is 39.5 Å². The molecule has 5 nitrogen and oxygen atoms in total. The first-order valence-electron chi connectivity index (χ1n) is 15.1. The molecular weight excluding hydrogens is 617 g/mol. The Labute approximate surface area is 266 Å². The van der Waals surface area contributed by atoms with Gasteiger partial charge in [0.25, 0.3) is 12.3 Å². The summed E-state index contributed by atoms with van der Waals surface area (Å²) in [6.07, 6.45) is -4.56. The number of carbonyl (C=O) groups excluding carboxylic acids is 3. The van der Waals surface area contributed by atoms with Crippen molar-refractivity contribution >= 4 is 29.1 Å². The van der Waals surface area contributed by atoms with Gasteiger partial charge in [-0.15, -0.1) is 0 Å². The Morgan fingerprint density at radius 3 is 2.09 bits per heavy atom. The molecule has 45 heavy (non-hydrogen) atoms. The molecule has 0 aliphatic heterocycles. The van der Waals surface area contributed by atoms with Crippen LogP contribution in [-0.2, 0) is 17.6 Å². The van der Waals surface area contributed by atoms with Crippen molar-refractivity contribution in [2.45, 2.75) is 98.2 Å². The number of alkyl halides is 5. The van der Waals surface area contributed by atoms with Gasteiger partial charge in [0.15, 0.2) is 5.78 Å². The van der Waals surface area contributed by atoms with Crippen molar-refractivity contribution in [1.29, 1.82) is 0 Å². The Bertz CT molecular complexity index is 1380. The zero-order chi connectivity index (χ0) is 33.7. The molecule has 1 amide bonds. The topological polar surface area (TPSA) is 72.5 Å². The number of rotatable bonds is 12. The molecule has 1 aliphatic carbocycles. The average Bonchev–Trinajstić information content (AvgIpc) is 2.94. The van der Waals surface area contributed by atoms with Crippen molar-refractivity contribution in [2.75, 3.05) is 6.61 Å². The standard InChI is InChI=1S/C34H41ClF5NO4/c1-32(2,3)22-9-11-23(12-10-22)41-31(44)25-17-21(7-14-28(25)45-19-30(36)37)18-27(42)24-16-20(6-13-26(24)35)8-15-29(43)33(4,5)34(38,39)40/h6-7,13-14,16-17,22-23,30H,8-12,15,18-19H2,1-5H3,(H,41,44). The number of hydrogen-bond donors (Lipinski definition) is 1. The predicted molar refractivity (Wildman–Crippen MR) is 163 cm³/mol. The summed E-state index contributed by atoms with van der Waals surface area (Å²) in [6, 6.07) is 8.66. The maximum absolute atomic E-state index is 13.3. The van der Waals surface area contributed by atoms with Crippen LogP contribution < -0.4 is 10.1 Å². The molecule has 0 radical (unpaired) electrons. The second-order valence-corrected chi connectivity index (χ2v) is 13.8. The van der Waals surface area contributed by atoms with Crippen LogP contribution in [0.5, 0.6) is 5.75 Å². The zero-order valence-electron chi connectivity index (χ0n) is 26.3. The minimum Gasteiger partial charge on any atom is -0.487 e. The van der Waals surface area contributed by atoms with Crippen LogP contribution in [0.2, 0.25) is 5.02 Å². The van der Waals surface area contributed by atoms with Crippen molar-refractivity contribution in [3.8, 4) is 5.75 Å². The zero-order valence-corrected chi connectivity index (χ0v) is 27.0. The van der Waals surface area contributed by atoms with Gasteiger partial charge in [-0.2, -0.15) is 13.2 Å². The minimum absolute atomic E-state index is 0.0199. The molecule has 11 heteroatoms. The van der Waals surface area contributed by atoms with Gasteiger partial charge >= 0.3 is 6.18 Å². The summed E-state index contributed by atoms with van der Waals surface area (Å²) < 4.78 is 70.8. The maximum atomic E-state index is 13.3. The monoisotopic (exact) mass is 657 g/mol. The number of aryl methyl sites for hydroxylation is 1. The molecule has 0 saturated heterocycles. The third kappa shape index (κ3) is 9.74. The molecule has 248 valence electrons. The van der Waals surface area contributed by atoms with E-state index in [2.05, 4.69) is 26.1 Å². The first kappa shape index (κ1) is 36.5. The van der Waals surface area contributed by atoms with Crippen LogP contribution in [0.25, 0.3) is 0 Å². The molecule has 0 spiro atoms. The first-order valence-corrected chi connectivity index (χ1v) is 15.4. The van der Waals surface area contributed by atoms with Gasteiger partial charge in [0.1, 0.15) is 23.6 Å². The van der Waals surface area contributed by atoms with Crippen LogP contribution in [0.15, 0.2) is 36.4 Å². The Morgan fingerprint density at radius 1 is 0.911 bits per heavy atom. The predicted octanol–water partition coefficient (Wildman–Crippen LogP) is 8.83. The van der Waals surface area contributed by atoms with Gasteiger partial charge < -0.3 is 10.1 Å². The molecule has 1 N–H and O–H groups in total. The van der Waals surface area contributed by atoms with Crippen molar-refractivity contribution in [1.82, 2.24) is 5.32 Å². The normalized spacial score (nSPS) is 17.7. The largest absolute Gasteiger partial charge is 0.487 e. The highest BCUT2D eigenvalue weighted by Gasteiger charge is 2.51. The van der Waals surface area contributed by atoms with Gasteiger partial charge in [-0.3, -0.25) is 14.4 Å². The lowest BCUT2D eigenvalue weighted by molar-refractivity contribution is -0.210.